The highest BCUT2D eigenvalue weighted by molar-refractivity contribution is 6.35. The molecule has 3 aromatic rings. The van der Waals surface area contributed by atoms with Gasteiger partial charge in [-0.25, -0.2) is 0 Å². The van der Waals surface area contributed by atoms with Gasteiger partial charge in [0.1, 0.15) is 0 Å². The van der Waals surface area contributed by atoms with Crippen molar-refractivity contribution in [3.05, 3.63) is 78.1 Å². The van der Waals surface area contributed by atoms with Gasteiger partial charge in [-0.1, -0.05) is 24.3 Å². The third-order valence-corrected chi connectivity index (χ3v) is 5.28. The molecule has 1 saturated heterocycles. The molecule has 0 bridgehead atoms. The number of morpholine rings is 1. The summed E-state index contributed by atoms with van der Waals surface area (Å²) in [4.78, 5) is 15.0. The highest BCUT2D eigenvalue weighted by atomic mass is 16.5. The lowest BCUT2D eigenvalue weighted by atomic mass is 10.0. The summed E-state index contributed by atoms with van der Waals surface area (Å²) in [5.41, 5.74) is 5.72. The van der Waals surface area contributed by atoms with E-state index in [4.69, 9.17) is 4.74 Å². The third-order valence-electron chi connectivity index (χ3n) is 5.28. The van der Waals surface area contributed by atoms with Crippen LogP contribution in [-0.2, 0) is 9.53 Å². The average molecular weight is 371 g/mol. The summed E-state index contributed by atoms with van der Waals surface area (Å²) in [6, 6.07) is 18.3. The summed E-state index contributed by atoms with van der Waals surface area (Å²) in [7, 11) is 0. The van der Waals surface area contributed by atoms with Crippen LogP contribution in [0.25, 0.3) is 17.3 Å². The molecule has 1 N–H and O–H groups in total. The van der Waals surface area contributed by atoms with E-state index in [0.29, 0.717) is 5.57 Å². The SMILES string of the molecule is O=C1Nc2cc(-n3cccc3)ccc2/C1=C\c1ccccc1N1CCOCC1. The molecule has 0 unspecified atom stereocenters. The van der Waals surface area contributed by atoms with E-state index in [-0.39, 0.29) is 5.91 Å². The van der Waals surface area contributed by atoms with Gasteiger partial charge in [-0.05, 0) is 42.0 Å². The molecule has 2 aromatic carbocycles. The summed E-state index contributed by atoms with van der Waals surface area (Å²) in [6.07, 6.45) is 5.99. The monoisotopic (exact) mass is 371 g/mol. The number of aromatic nitrogens is 1. The number of carbonyl (C=O) groups is 1. The van der Waals surface area contributed by atoms with Crippen LogP contribution >= 0.6 is 0 Å². The van der Waals surface area contributed by atoms with Crippen LogP contribution in [0.15, 0.2) is 67.0 Å². The summed E-state index contributed by atoms with van der Waals surface area (Å²) >= 11 is 0. The predicted octanol–water partition coefficient (Wildman–Crippen LogP) is 3.81. The van der Waals surface area contributed by atoms with Gasteiger partial charge in [0.25, 0.3) is 5.91 Å². The number of anilines is 2. The number of ether oxygens (including phenoxy) is 1. The first-order chi connectivity index (χ1) is 13.8. The van der Waals surface area contributed by atoms with Crippen molar-refractivity contribution in [1.29, 1.82) is 0 Å². The van der Waals surface area contributed by atoms with Gasteiger partial charge in [-0.3, -0.25) is 4.79 Å². The van der Waals surface area contributed by atoms with E-state index in [0.717, 1.165) is 54.5 Å². The zero-order valence-corrected chi connectivity index (χ0v) is 15.5. The van der Waals surface area contributed by atoms with Crippen LogP contribution in [0, 0.1) is 0 Å². The van der Waals surface area contributed by atoms with Crippen LogP contribution in [0.3, 0.4) is 0 Å². The van der Waals surface area contributed by atoms with E-state index in [9.17, 15) is 4.79 Å². The number of nitrogens with one attached hydrogen (secondary N) is 1. The molecule has 0 atom stereocenters. The fourth-order valence-corrected chi connectivity index (χ4v) is 3.85. The Morgan fingerprint density at radius 3 is 2.57 bits per heavy atom. The van der Waals surface area contributed by atoms with Gasteiger partial charge in [0, 0.05) is 48.0 Å². The van der Waals surface area contributed by atoms with Gasteiger partial charge >= 0.3 is 0 Å². The predicted molar refractivity (Wildman–Crippen MR) is 112 cm³/mol. The molecule has 3 heterocycles. The first-order valence-electron chi connectivity index (χ1n) is 9.52. The van der Waals surface area contributed by atoms with Crippen molar-refractivity contribution >= 4 is 28.9 Å². The minimum Gasteiger partial charge on any atom is -0.378 e. The standard InChI is InChI=1S/C23H21N3O2/c27-23-20(15-17-5-1-2-6-22(17)26-11-13-28-14-12-26)19-8-7-18(16-21(19)24-23)25-9-3-4-10-25/h1-10,15-16H,11-14H2,(H,24,27)/b20-15+. The molecule has 2 aliphatic heterocycles. The number of fused-ring (bicyclic) bond motifs is 1. The van der Waals surface area contributed by atoms with Crippen molar-refractivity contribution < 1.29 is 9.53 Å². The van der Waals surface area contributed by atoms with Crippen LogP contribution in [0.2, 0.25) is 0 Å². The summed E-state index contributed by atoms with van der Waals surface area (Å²) in [5, 5.41) is 3.01. The lowest BCUT2D eigenvalue weighted by molar-refractivity contribution is -0.110. The Hall–Kier alpha value is -3.31. The van der Waals surface area contributed by atoms with E-state index >= 15 is 0 Å². The normalized spacial score (nSPS) is 17.6. The first kappa shape index (κ1) is 16.8. The highest BCUT2D eigenvalue weighted by Gasteiger charge is 2.25. The number of carbonyl (C=O) groups excluding carboxylic acids is 1. The smallest absolute Gasteiger partial charge is 0.256 e. The molecule has 5 heteroatoms. The number of hydrogen-bond donors (Lipinski definition) is 1. The van der Waals surface area contributed by atoms with Crippen LogP contribution < -0.4 is 10.2 Å². The van der Waals surface area contributed by atoms with E-state index in [2.05, 4.69) is 22.3 Å². The summed E-state index contributed by atoms with van der Waals surface area (Å²) < 4.78 is 7.51. The Bertz CT molecular complexity index is 1050. The maximum Gasteiger partial charge on any atom is 0.256 e. The lowest BCUT2D eigenvalue weighted by Crippen LogP contribution is -2.36. The Balaban J connectivity index is 1.53. The lowest BCUT2D eigenvalue weighted by Gasteiger charge is -2.30. The number of nitrogens with zero attached hydrogens (tertiary/aromatic N) is 2. The molecule has 1 amide bonds. The Morgan fingerprint density at radius 1 is 0.964 bits per heavy atom. The molecule has 28 heavy (non-hydrogen) atoms. The number of rotatable bonds is 3. The minimum absolute atomic E-state index is 0.0589. The second-order valence-electron chi connectivity index (χ2n) is 6.99. The van der Waals surface area contributed by atoms with Crippen LogP contribution in [-0.4, -0.2) is 36.8 Å². The Morgan fingerprint density at radius 2 is 1.75 bits per heavy atom. The Kier molecular flexibility index (Phi) is 4.22. The van der Waals surface area contributed by atoms with Crippen molar-refractivity contribution in [2.24, 2.45) is 0 Å². The number of para-hydroxylation sites is 1. The maximum atomic E-state index is 12.7. The molecule has 5 nitrogen and oxygen atoms in total. The molecular formula is C23H21N3O2. The second kappa shape index (κ2) is 7.02. The van der Waals surface area contributed by atoms with Crippen molar-refractivity contribution in [1.82, 2.24) is 4.57 Å². The molecule has 1 fully saturated rings. The molecule has 2 aliphatic rings. The largest absolute Gasteiger partial charge is 0.378 e. The van der Waals surface area contributed by atoms with Gasteiger partial charge in [0.05, 0.1) is 18.9 Å². The van der Waals surface area contributed by atoms with Gasteiger partial charge in [-0.15, -0.1) is 0 Å². The quantitative estimate of drug-likeness (QED) is 0.712. The van der Waals surface area contributed by atoms with E-state index in [1.807, 2.05) is 65.5 Å². The van der Waals surface area contributed by atoms with Crippen molar-refractivity contribution in [3.63, 3.8) is 0 Å². The van der Waals surface area contributed by atoms with Gasteiger partial charge in [0.2, 0.25) is 0 Å². The molecule has 0 aliphatic carbocycles. The second-order valence-corrected chi connectivity index (χ2v) is 6.99. The molecule has 0 radical (unpaired) electrons. The van der Waals surface area contributed by atoms with Crippen molar-refractivity contribution in [3.8, 4) is 5.69 Å². The number of benzene rings is 2. The van der Waals surface area contributed by atoms with Crippen LogP contribution in [0.4, 0.5) is 11.4 Å². The van der Waals surface area contributed by atoms with Gasteiger partial charge in [0.15, 0.2) is 0 Å². The zero-order chi connectivity index (χ0) is 18.9. The van der Waals surface area contributed by atoms with Crippen LogP contribution in [0.5, 0.6) is 0 Å². The van der Waals surface area contributed by atoms with Crippen molar-refractivity contribution in [2.75, 3.05) is 36.5 Å². The van der Waals surface area contributed by atoms with E-state index < -0.39 is 0 Å². The average Bonchev–Trinajstić information content (AvgIpc) is 3.37. The first-order valence-corrected chi connectivity index (χ1v) is 9.52. The molecule has 0 spiro atoms. The van der Waals surface area contributed by atoms with E-state index in [1.165, 1.54) is 0 Å². The molecule has 1 aromatic heterocycles. The fraction of sp³-hybridized carbons (Fsp3) is 0.174. The van der Waals surface area contributed by atoms with Crippen molar-refractivity contribution in [2.45, 2.75) is 0 Å². The Labute approximate surface area is 163 Å². The highest BCUT2D eigenvalue weighted by Crippen LogP contribution is 2.36. The molecular weight excluding hydrogens is 350 g/mol. The number of hydrogen-bond acceptors (Lipinski definition) is 3. The molecule has 5 rings (SSSR count). The minimum atomic E-state index is -0.0589. The van der Waals surface area contributed by atoms with E-state index in [1.54, 1.807) is 0 Å². The molecule has 140 valence electrons. The van der Waals surface area contributed by atoms with Gasteiger partial charge in [-0.2, -0.15) is 0 Å². The zero-order valence-electron chi connectivity index (χ0n) is 15.5. The topological polar surface area (TPSA) is 46.5 Å². The summed E-state index contributed by atoms with van der Waals surface area (Å²) in [6.45, 7) is 3.19. The van der Waals surface area contributed by atoms with Crippen LogP contribution in [0.1, 0.15) is 11.1 Å². The maximum absolute atomic E-state index is 12.7. The molecule has 0 saturated carbocycles. The number of amides is 1. The summed E-state index contributed by atoms with van der Waals surface area (Å²) in [5.74, 6) is -0.0589. The third kappa shape index (κ3) is 3.00. The fourth-order valence-electron chi connectivity index (χ4n) is 3.85. The van der Waals surface area contributed by atoms with Gasteiger partial charge < -0.3 is 19.5 Å².